The van der Waals surface area contributed by atoms with E-state index < -0.39 is 5.82 Å². The van der Waals surface area contributed by atoms with Gasteiger partial charge in [0.15, 0.2) is 0 Å². The highest BCUT2D eigenvalue weighted by Gasteiger charge is 1.91. The van der Waals surface area contributed by atoms with Crippen LogP contribution in [0.3, 0.4) is 0 Å². The van der Waals surface area contributed by atoms with Crippen LogP contribution in [0.1, 0.15) is 26.8 Å². The average molecular weight is 173 g/mol. The zero-order valence-electron chi connectivity index (χ0n) is 6.71. The minimum Gasteiger partial charge on any atom is -0.392 e. The molecule has 0 aliphatic rings. The highest BCUT2D eigenvalue weighted by Crippen LogP contribution is 1.98. The van der Waals surface area contributed by atoms with Gasteiger partial charge in [-0.15, -0.1) is 0 Å². The molecule has 12 heavy (non-hydrogen) atoms. The second kappa shape index (κ2) is 8.14. The summed E-state index contributed by atoms with van der Waals surface area (Å²) in [5, 5.41) is 8.46. The van der Waals surface area contributed by atoms with Crippen molar-refractivity contribution in [1.29, 1.82) is 0 Å². The van der Waals surface area contributed by atoms with Crippen LogP contribution in [0.15, 0.2) is 18.5 Å². The van der Waals surface area contributed by atoms with Gasteiger partial charge >= 0.3 is 0 Å². The Labute approximate surface area is 73.1 Å². The van der Waals surface area contributed by atoms with Crippen molar-refractivity contribution in [2.24, 2.45) is 0 Å². The number of aromatic nitrogens is 1. The number of pyridine rings is 1. The number of hydrogen-bond acceptors (Lipinski definition) is 2. The number of aliphatic hydroxyl groups excluding tert-OH is 1. The average Bonchev–Trinajstić information content (AvgIpc) is 2.08. The van der Waals surface area contributed by atoms with Gasteiger partial charge in [-0.2, -0.15) is 0 Å². The van der Waals surface area contributed by atoms with Crippen molar-refractivity contribution in [3.63, 3.8) is 0 Å². The molecule has 0 bridgehead atoms. The lowest BCUT2D eigenvalue weighted by molar-refractivity contribution is 0.280. The van der Waals surface area contributed by atoms with Crippen molar-refractivity contribution in [1.82, 2.24) is 4.98 Å². The monoisotopic (exact) mass is 173 g/mol. The van der Waals surface area contributed by atoms with Gasteiger partial charge in [0.1, 0.15) is 5.82 Å². The van der Waals surface area contributed by atoms with Crippen molar-refractivity contribution >= 4 is 0 Å². The Bertz CT molecular complexity index is 203. The van der Waals surface area contributed by atoms with Crippen molar-refractivity contribution in [3.8, 4) is 0 Å². The second-order valence-corrected chi connectivity index (χ2v) is 1.67. The molecule has 0 radical (unpaired) electrons. The van der Waals surface area contributed by atoms with Crippen LogP contribution in [-0.4, -0.2) is 10.1 Å². The summed E-state index contributed by atoms with van der Waals surface area (Å²) in [6.07, 6.45) is 2.52. The van der Waals surface area contributed by atoms with Gasteiger partial charge in [0.2, 0.25) is 0 Å². The highest BCUT2D eigenvalue weighted by molar-refractivity contribution is 5.08. The molecule has 0 atom stereocenters. The van der Waals surface area contributed by atoms with E-state index in [2.05, 4.69) is 4.98 Å². The van der Waals surface area contributed by atoms with Gasteiger partial charge in [0, 0.05) is 6.20 Å². The Morgan fingerprint density at radius 2 is 2.00 bits per heavy atom. The normalized spacial score (nSPS) is 7.67. The predicted octanol–water partition coefficient (Wildman–Crippen LogP) is 2.38. The van der Waals surface area contributed by atoms with E-state index in [-0.39, 0.29) is 14.0 Å². The maximum Gasteiger partial charge on any atom is 0.141 e. The molecule has 70 valence electrons. The fourth-order valence-corrected chi connectivity index (χ4v) is 0.542. The standard InChI is InChI=1S/C6H6FNO.C2H6.CH4/c7-6-1-5(4-9)2-8-3-6;1-2;/h1-3,9H,4H2;1-2H3;1H4. The molecule has 1 heterocycles. The van der Waals surface area contributed by atoms with Gasteiger partial charge in [0.25, 0.3) is 0 Å². The first kappa shape index (κ1) is 13.6. The molecule has 0 fully saturated rings. The number of halogens is 1. The van der Waals surface area contributed by atoms with E-state index in [0.717, 1.165) is 6.20 Å². The molecule has 3 heteroatoms. The Morgan fingerprint density at radius 1 is 1.42 bits per heavy atom. The smallest absolute Gasteiger partial charge is 0.141 e. The second-order valence-electron chi connectivity index (χ2n) is 1.67. The number of hydrogen-bond donors (Lipinski definition) is 1. The first-order valence-corrected chi connectivity index (χ1v) is 3.53. The Balaban J connectivity index is 0. The predicted molar refractivity (Wildman–Crippen MR) is 48.2 cm³/mol. The summed E-state index contributed by atoms with van der Waals surface area (Å²) in [5.74, 6) is -0.415. The Kier molecular flexibility index (Phi) is 9.24. The summed E-state index contributed by atoms with van der Waals surface area (Å²) in [6, 6.07) is 1.24. The molecule has 1 aromatic rings. The molecule has 1 N–H and O–H groups in total. The van der Waals surface area contributed by atoms with E-state index in [1.165, 1.54) is 12.3 Å². The lowest BCUT2D eigenvalue weighted by Gasteiger charge is -1.91. The first-order valence-electron chi connectivity index (χ1n) is 3.53. The fourth-order valence-electron chi connectivity index (χ4n) is 0.542. The molecule has 0 spiro atoms. The highest BCUT2D eigenvalue weighted by atomic mass is 19.1. The van der Waals surface area contributed by atoms with Crippen molar-refractivity contribution < 1.29 is 9.50 Å². The Hall–Kier alpha value is -0.960. The summed E-state index contributed by atoms with van der Waals surface area (Å²) < 4.78 is 12.2. The molecular formula is C9H16FNO. The van der Waals surface area contributed by atoms with E-state index in [1.54, 1.807) is 0 Å². The SMILES string of the molecule is C.CC.OCc1cncc(F)c1. The first-order chi connectivity index (χ1) is 5.33. The van der Waals surface area contributed by atoms with Gasteiger partial charge in [-0.3, -0.25) is 4.98 Å². The maximum absolute atomic E-state index is 12.2. The van der Waals surface area contributed by atoms with Crippen LogP contribution in [0, 0.1) is 5.82 Å². The molecule has 0 amide bonds. The van der Waals surface area contributed by atoms with Crippen LogP contribution in [0.4, 0.5) is 4.39 Å². The zero-order chi connectivity index (χ0) is 8.69. The molecule has 0 aromatic carbocycles. The summed E-state index contributed by atoms with van der Waals surface area (Å²) >= 11 is 0. The molecule has 0 saturated heterocycles. The zero-order valence-corrected chi connectivity index (χ0v) is 6.71. The topological polar surface area (TPSA) is 33.1 Å². The quantitative estimate of drug-likeness (QED) is 0.707. The van der Waals surface area contributed by atoms with Crippen LogP contribution >= 0.6 is 0 Å². The van der Waals surface area contributed by atoms with Gasteiger partial charge in [0.05, 0.1) is 12.8 Å². The summed E-state index contributed by atoms with van der Waals surface area (Å²) in [6.45, 7) is 3.84. The largest absolute Gasteiger partial charge is 0.392 e. The van der Waals surface area contributed by atoms with Gasteiger partial charge < -0.3 is 5.11 Å². The molecule has 1 aromatic heterocycles. The molecule has 0 saturated carbocycles. The van der Waals surface area contributed by atoms with Crippen molar-refractivity contribution in [3.05, 3.63) is 29.8 Å². The van der Waals surface area contributed by atoms with Crippen LogP contribution in [0.25, 0.3) is 0 Å². The molecular weight excluding hydrogens is 157 g/mol. The third-order valence-corrected chi connectivity index (χ3v) is 0.944. The molecule has 0 unspecified atom stereocenters. The number of rotatable bonds is 1. The molecule has 0 aliphatic heterocycles. The van der Waals surface area contributed by atoms with Gasteiger partial charge in [-0.05, 0) is 11.6 Å². The van der Waals surface area contributed by atoms with E-state index >= 15 is 0 Å². The van der Waals surface area contributed by atoms with Gasteiger partial charge in [-0.1, -0.05) is 21.3 Å². The lowest BCUT2D eigenvalue weighted by Crippen LogP contribution is -1.85. The lowest BCUT2D eigenvalue weighted by atomic mass is 10.3. The van der Waals surface area contributed by atoms with Crippen molar-refractivity contribution in [2.45, 2.75) is 27.9 Å². The minimum atomic E-state index is -0.415. The summed E-state index contributed by atoms with van der Waals surface area (Å²) in [7, 11) is 0. The number of nitrogens with zero attached hydrogens (tertiary/aromatic N) is 1. The van der Waals surface area contributed by atoms with Gasteiger partial charge in [-0.25, -0.2) is 4.39 Å². The fraction of sp³-hybridized carbons (Fsp3) is 0.444. The molecule has 1 rings (SSSR count). The number of aliphatic hydroxyl groups is 1. The minimum absolute atomic E-state index is 0. The molecule has 0 aliphatic carbocycles. The van der Waals surface area contributed by atoms with E-state index in [1.807, 2.05) is 13.8 Å². The molecule has 2 nitrogen and oxygen atoms in total. The summed E-state index contributed by atoms with van der Waals surface area (Å²) in [5.41, 5.74) is 0.495. The van der Waals surface area contributed by atoms with Crippen LogP contribution in [0.5, 0.6) is 0 Å². The van der Waals surface area contributed by atoms with E-state index in [4.69, 9.17) is 5.11 Å². The van der Waals surface area contributed by atoms with Crippen LogP contribution < -0.4 is 0 Å². The van der Waals surface area contributed by atoms with E-state index in [0.29, 0.717) is 5.56 Å². The van der Waals surface area contributed by atoms with Crippen LogP contribution in [-0.2, 0) is 6.61 Å². The maximum atomic E-state index is 12.2. The van der Waals surface area contributed by atoms with Crippen molar-refractivity contribution in [2.75, 3.05) is 0 Å². The third-order valence-electron chi connectivity index (χ3n) is 0.944. The van der Waals surface area contributed by atoms with E-state index in [9.17, 15) is 4.39 Å². The third kappa shape index (κ3) is 4.79. The van der Waals surface area contributed by atoms with Crippen LogP contribution in [0.2, 0.25) is 0 Å². The summed E-state index contributed by atoms with van der Waals surface area (Å²) in [4.78, 5) is 3.52. The Morgan fingerprint density at radius 3 is 2.33 bits per heavy atom.